The summed E-state index contributed by atoms with van der Waals surface area (Å²) in [6.45, 7) is 8.35. The van der Waals surface area contributed by atoms with Gasteiger partial charge in [-0.25, -0.2) is 9.97 Å². The Balaban J connectivity index is 1.17. The number of benzene rings is 2. The zero-order chi connectivity index (χ0) is 31.0. The van der Waals surface area contributed by atoms with E-state index in [-0.39, 0.29) is 11.9 Å². The summed E-state index contributed by atoms with van der Waals surface area (Å²) < 4.78 is 2.21. The van der Waals surface area contributed by atoms with Crippen molar-refractivity contribution in [1.29, 1.82) is 0 Å². The van der Waals surface area contributed by atoms with Gasteiger partial charge in [0, 0.05) is 40.6 Å². The Hall–Kier alpha value is -4.24. The van der Waals surface area contributed by atoms with Crippen LogP contribution in [0.3, 0.4) is 0 Å². The largest absolute Gasteiger partial charge is 0.366 e. The minimum atomic E-state index is -0.569. The third-order valence-electron chi connectivity index (χ3n) is 10.6. The first kappa shape index (κ1) is 28.2. The molecular weight excluding hydrogens is 562 g/mol. The number of anilines is 3. The third-order valence-corrected chi connectivity index (χ3v) is 10.6. The normalized spacial score (nSPS) is 22.8. The Morgan fingerprint density at radius 2 is 1.76 bits per heavy atom. The van der Waals surface area contributed by atoms with Gasteiger partial charge in [0.2, 0.25) is 11.8 Å². The highest BCUT2D eigenvalue weighted by Gasteiger charge is 2.50. The van der Waals surface area contributed by atoms with Crippen LogP contribution in [0.5, 0.6) is 0 Å². The number of piperidine rings is 1. The van der Waals surface area contributed by atoms with Gasteiger partial charge in [-0.1, -0.05) is 24.6 Å². The van der Waals surface area contributed by atoms with Crippen LogP contribution in [0.2, 0.25) is 0 Å². The SMILES string of the molecule is Cc1ccc(Nc2nc(-c3ccc4c(c3)N(C3CC(N5CCCCC5)C3)C(=O)C4(C)C)cc3ncn(C4CC4)c23)cc1C(N)=O. The molecule has 0 atom stereocenters. The molecule has 2 aliphatic carbocycles. The number of likely N-dealkylation sites (tertiary alicyclic amines) is 1. The second kappa shape index (κ2) is 10.4. The van der Waals surface area contributed by atoms with E-state index in [0.29, 0.717) is 23.5 Å². The van der Waals surface area contributed by atoms with Crippen LogP contribution in [0.25, 0.3) is 22.3 Å². The Bertz CT molecular complexity index is 1840. The molecular formula is C36H41N7O2. The molecule has 2 saturated carbocycles. The standard InChI is InChI=1S/C36H41N7O2/c1-21-7-9-23(16-27(21)33(37)44)39-34-32-30(38-20-42(32)24-10-11-24)19-29(40-34)22-8-12-28-31(15-22)43(35(45)36(28,2)3)26-17-25(18-26)41-13-5-4-6-14-41/h7-9,12,15-16,19-20,24-26H,4-6,10-11,13-14,17-18H2,1-3H3,(H2,37,44)(H,39,40). The molecule has 2 amide bonds. The molecule has 2 aromatic carbocycles. The highest BCUT2D eigenvalue weighted by Crippen LogP contribution is 2.48. The Morgan fingerprint density at radius 3 is 2.49 bits per heavy atom. The Labute approximate surface area is 263 Å². The molecule has 0 bridgehead atoms. The minimum absolute atomic E-state index is 0.190. The molecule has 9 heteroatoms. The van der Waals surface area contributed by atoms with Crippen LogP contribution in [-0.2, 0) is 10.2 Å². The lowest BCUT2D eigenvalue weighted by Gasteiger charge is -2.48. The van der Waals surface area contributed by atoms with Crippen LogP contribution in [0, 0.1) is 6.92 Å². The second-order valence-electron chi connectivity index (χ2n) is 14.0. The first-order valence-corrected chi connectivity index (χ1v) is 16.5. The molecule has 3 N–H and O–H groups in total. The average Bonchev–Trinajstić information content (AvgIpc) is 3.73. The number of pyridine rings is 1. The van der Waals surface area contributed by atoms with E-state index < -0.39 is 11.3 Å². The van der Waals surface area contributed by atoms with Crippen molar-refractivity contribution in [3.8, 4) is 11.3 Å². The second-order valence-corrected chi connectivity index (χ2v) is 14.0. The van der Waals surface area contributed by atoms with E-state index >= 15 is 0 Å². The first-order valence-electron chi connectivity index (χ1n) is 16.5. The summed E-state index contributed by atoms with van der Waals surface area (Å²) in [5, 5.41) is 3.49. The number of fused-ring (bicyclic) bond motifs is 2. The third kappa shape index (κ3) is 4.71. The van der Waals surface area contributed by atoms with E-state index in [0.717, 1.165) is 70.5 Å². The maximum Gasteiger partial charge on any atom is 0.249 e. The Morgan fingerprint density at radius 1 is 0.978 bits per heavy atom. The quantitative estimate of drug-likeness (QED) is 0.259. The minimum Gasteiger partial charge on any atom is -0.366 e. The monoisotopic (exact) mass is 603 g/mol. The van der Waals surface area contributed by atoms with Gasteiger partial charge >= 0.3 is 0 Å². The number of nitrogens with two attached hydrogens (primary N) is 1. The maximum atomic E-state index is 13.9. The van der Waals surface area contributed by atoms with E-state index in [9.17, 15) is 9.59 Å². The zero-order valence-electron chi connectivity index (χ0n) is 26.3. The molecule has 9 nitrogen and oxygen atoms in total. The fraction of sp³-hybridized carbons (Fsp3) is 0.444. The van der Waals surface area contributed by atoms with E-state index in [1.54, 1.807) is 6.07 Å². The van der Waals surface area contributed by atoms with Crippen LogP contribution in [-0.4, -0.2) is 56.4 Å². The van der Waals surface area contributed by atoms with Crippen LogP contribution in [0.4, 0.5) is 17.2 Å². The number of primary amides is 1. The van der Waals surface area contributed by atoms with Gasteiger partial charge in [-0.2, -0.15) is 0 Å². The molecule has 2 aliphatic heterocycles. The van der Waals surface area contributed by atoms with Gasteiger partial charge in [-0.15, -0.1) is 0 Å². The van der Waals surface area contributed by atoms with Gasteiger partial charge in [-0.3, -0.25) is 9.59 Å². The molecule has 4 aromatic rings. The zero-order valence-corrected chi connectivity index (χ0v) is 26.3. The van der Waals surface area contributed by atoms with Crippen molar-refractivity contribution < 1.29 is 9.59 Å². The molecule has 4 heterocycles. The van der Waals surface area contributed by atoms with Gasteiger partial charge in [-0.05, 0) is 108 Å². The number of rotatable bonds is 7. The predicted octanol–water partition coefficient (Wildman–Crippen LogP) is 6.23. The van der Waals surface area contributed by atoms with Gasteiger partial charge < -0.3 is 25.4 Å². The summed E-state index contributed by atoms with van der Waals surface area (Å²) in [4.78, 5) is 40.7. The maximum absolute atomic E-state index is 13.9. The number of hydrogen-bond donors (Lipinski definition) is 2. The number of aryl methyl sites for hydroxylation is 1. The van der Waals surface area contributed by atoms with Crippen molar-refractivity contribution in [1.82, 2.24) is 19.4 Å². The number of carbonyl (C=O) groups is 2. The highest BCUT2D eigenvalue weighted by atomic mass is 16.2. The summed E-state index contributed by atoms with van der Waals surface area (Å²) in [6, 6.07) is 15.2. The molecule has 45 heavy (non-hydrogen) atoms. The molecule has 8 rings (SSSR count). The molecule has 1 saturated heterocycles. The van der Waals surface area contributed by atoms with Crippen molar-refractivity contribution in [2.75, 3.05) is 23.3 Å². The van der Waals surface area contributed by atoms with Crippen LogP contribution < -0.4 is 16.0 Å². The molecule has 0 unspecified atom stereocenters. The summed E-state index contributed by atoms with van der Waals surface area (Å²) in [7, 11) is 0. The Kier molecular flexibility index (Phi) is 6.53. The van der Waals surface area contributed by atoms with E-state index in [2.05, 4.69) is 37.9 Å². The molecule has 232 valence electrons. The van der Waals surface area contributed by atoms with Crippen molar-refractivity contribution in [3.05, 3.63) is 65.5 Å². The number of nitrogens with one attached hydrogen (secondary N) is 1. The lowest BCUT2D eigenvalue weighted by Crippen LogP contribution is -2.57. The number of nitrogens with zero attached hydrogens (tertiary/aromatic N) is 5. The smallest absolute Gasteiger partial charge is 0.249 e. The number of carbonyl (C=O) groups excluding carboxylic acids is 2. The number of amides is 2. The lowest BCUT2D eigenvalue weighted by molar-refractivity contribution is -0.123. The van der Waals surface area contributed by atoms with E-state index in [4.69, 9.17) is 15.7 Å². The summed E-state index contributed by atoms with van der Waals surface area (Å²) in [6.07, 6.45) is 10.1. The lowest BCUT2D eigenvalue weighted by atomic mass is 9.82. The molecule has 0 spiro atoms. The fourth-order valence-electron chi connectivity index (χ4n) is 7.69. The average molecular weight is 604 g/mol. The topological polar surface area (TPSA) is 109 Å². The van der Waals surface area contributed by atoms with Gasteiger partial charge in [0.1, 0.15) is 5.52 Å². The predicted molar refractivity (Wildman–Crippen MR) is 177 cm³/mol. The van der Waals surface area contributed by atoms with E-state index in [1.165, 1.54) is 32.4 Å². The van der Waals surface area contributed by atoms with Gasteiger partial charge in [0.15, 0.2) is 5.82 Å². The van der Waals surface area contributed by atoms with Crippen molar-refractivity contribution in [2.45, 2.75) is 89.3 Å². The molecule has 3 fully saturated rings. The summed E-state index contributed by atoms with van der Waals surface area (Å²) in [5.74, 6) is 0.415. The van der Waals surface area contributed by atoms with Crippen molar-refractivity contribution >= 4 is 40.0 Å². The van der Waals surface area contributed by atoms with Crippen molar-refractivity contribution in [3.63, 3.8) is 0 Å². The summed E-state index contributed by atoms with van der Waals surface area (Å²) in [5.41, 5.74) is 12.8. The van der Waals surface area contributed by atoms with Gasteiger partial charge in [0.05, 0.1) is 23.0 Å². The van der Waals surface area contributed by atoms with Gasteiger partial charge in [0.25, 0.3) is 0 Å². The number of aromatic nitrogens is 3. The van der Waals surface area contributed by atoms with E-state index in [1.807, 2.05) is 45.3 Å². The summed E-state index contributed by atoms with van der Waals surface area (Å²) >= 11 is 0. The van der Waals surface area contributed by atoms with Crippen LogP contribution in [0.15, 0.2) is 48.8 Å². The van der Waals surface area contributed by atoms with Crippen LogP contribution in [0.1, 0.15) is 86.3 Å². The van der Waals surface area contributed by atoms with Crippen molar-refractivity contribution in [2.24, 2.45) is 5.73 Å². The molecule has 0 radical (unpaired) electrons. The highest BCUT2D eigenvalue weighted by molar-refractivity contribution is 6.09. The number of imidazole rings is 1. The fourth-order valence-corrected chi connectivity index (χ4v) is 7.69. The molecule has 4 aliphatic rings. The molecule has 2 aromatic heterocycles. The first-order chi connectivity index (χ1) is 21.7. The number of hydrogen-bond acceptors (Lipinski definition) is 6. The van der Waals surface area contributed by atoms with Crippen LogP contribution >= 0.6 is 0 Å².